The molecule has 0 aliphatic heterocycles. The van der Waals surface area contributed by atoms with E-state index in [2.05, 4.69) is 20.8 Å². The van der Waals surface area contributed by atoms with E-state index < -0.39 is 0 Å². The number of aromatic nitrogens is 3. The fourth-order valence-corrected chi connectivity index (χ4v) is 2.29. The molecule has 0 bridgehead atoms. The number of aryl methyl sites for hydroxylation is 1. The van der Waals surface area contributed by atoms with Crippen molar-refractivity contribution in [1.29, 1.82) is 0 Å². The monoisotopic (exact) mass is 273 g/mol. The molecule has 0 aliphatic rings. The molecule has 2 N–H and O–H groups in total. The van der Waals surface area contributed by atoms with Gasteiger partial charge in [0.2, 0.25) is 5.13 Å². The number of urea groups is 1. The Morgan fingerprint density at radius 1 is 1.32 bits per heavy atom. The van der Waals surface area contributed by atoms with Gasteiger partial charge in [-0.15, -0.1) is 10.2 Å². The van der Waals surface area contributed by atoms with Crippen LogP contribution in [-0.2, 0) is 7.05 Å². The molecule has 3 rings (SSSR count). The Kier molecular flexibility index (Phi) is 2.88. The highest BCUT2D eigenvalue weighted by Gasteiger charge is 2.06. The highest BCUT2D eigenvalue weighted by atomic mass is 32.1. The van der Waals surface area contributed by atoms with Crippen molar-refractivity contribution >= 4 is 39.1 Å². The molecular weight excluding hydrogens is 262 g/mol. The summed E-state index contributed by atoms with van der Waals surface area (Å²) < 4.78 is 2.03. The van der Waals surface area contributed by atoms with E-state index in [-0.39, 0.29) is 6.03 Å². The molecule has 0 atom stereocenters. The van der Waals surface area contributed by atoms with Gasteiger partial charge in [0.05, 0.1) is 0 Å². The summed E-state index contributed by atoms with van der Waals surface area (Å²) in [7, 11) is 1.98. The highest BCUT2D eigenvalue weighted by Crippen LogP contribution is 2.20. The molecule has 19 heavy (non-hydrogen) atoms. The standard InChI is InChI=1S/C12H11N5OS/c1-17-5-4-8-6-9(2-3-10(8)17)14-11(18)15-12-16-13-7-19-12/h2-7H,1H3,(H2,14,15,16,18). The van der Waals surface area contributed by atoms with Crippen LogP contribution in [0.4, 0.5) is 15.6 Å². The first kappa shape index (κ1) is 11.7. The third kappa shape index (κ3) is 2.41. The van der Waals surface area contributed by atoms with Gasteiger partial charge >= 0.3 is 6.03 Å². The van der Waals surface area contributed by atoms with Crippen LogP contribution in [0.3, 0.4) is 0 Å². The predicted octanol–water partition coefficient (Wildman–Crippen LogP) is 2.67. The van der Waals surface area contributed by atoms with Crippen LogP contribution in [0.15, 0.2) is 36.0 Å². The lowest BCUT2D eigenvalue weighted by molar-refractivity contribution is 0.262. The predicted molar refractivity (Wildman–Crippen MR) is 75.5 cm³/mol. The number of carbonyl (C=O) groups excluding carboxylic acids is 1. The van der Waals surface area contributed by atoms with Crippen LogP contribution in [0.25, 0.3) is 10.9 Å². The molecule has 0 fully saturated rings. The number of anilines is 2. The van der Waals surface area contributed by atoms with Crippen molar-refractivity contribution in [1.82, 2.24) is 14.8 Å². The lowest BCUT2D eigenvalue weighted by Crippen LogP contribution is -2.19. The maximum atomic E-state index is 11.7. The highest BCUT2D eigenvalue weighted by molar-refractivity contribution is 7.13. The summed E-state index contributed by atoms with van der Waals surface area (Å²) in [6.45, 7) is 0. The smallest absolute Gasteiger partial charge is 0.325 e. The van der Waals surface area contributed by atoms with Gasteiger partial charge in [-0.25, -0.2) is 4.79 Å². The normalized spacial score (nSPS) is 10.6. The molecule has 6 nitrogen and oxygen atoms in total. The SMILES string of the molecule is Cn1ccc2cc(NC(=O)Nc3nncs3)ccc21. The first-order chi connectivity index (χ1) is 9.22. The Balaban J connectivity index is 1.75. The second-order valence-corrected chi connectivity index (χ2v) is 4.86. The van der Waals surface area contributed by atoms with Crippen LogP contribution in [0.2, 0.25) is 0 Å². The summed E-state index contributed by atoms with van der Waals surface area (Å²) in [5, 5.41) is 14.3. The van der Waals surface area contributed by atoms with E-state index in [9.17, 15) is 4.79 Å². The van der Waals surface area contributed by atoms with E-state index in [0.29, 0.717) is 5.13 Å². The second-order valence-electron chi connectivity index (χ2n) is 4.02. The molecule has 0 aliphatic carbocycles. The van der Waals surface area contributed by atoms with E-state index >= 15 is 0 Å². The van der Waals surface area contributed by atoms with Gasteiger partial charge in [-0.05, 0) is 24.3 Å². The zero-order valence-electron chi connectivity index (χ0n) is 10.1. The first-order valence-electron chi connectivity index (χ1n) is 5.61. The van der Waals surface area contributed by atoms with Crippen LogP contribution in [0.5, 0.6) is 0 Å². The van der Waals surface area contributed by atoms with Crippen LogP contribution in [0.1, 0.15) is 0 Å². The number of carbonyl (C=O) groups is 1. The average Bonchev–Trinajstić information content (AvgIpc) is 3.00. The minimum absolute atomic E-state index is 0.327. The molecule has 2 aromatic heterocycles. The molecule has 2 amide bonds. The minimum Gasteiger partial charge on any atom is -0.351 e. The van der Waals surface area contributed by atoms with Gasteiger partial charge in [0.15, 0.2) is 0 Å². The lowest BCUT2D eigenvalue weighted by atomic mass is 10.2. The quantitative estimate of drug-likeness (QED) is 0.754. The van der Waals surface area contributed by atoms with Crippen LogP contribution in [-0.4, -0.2) is 20.8 Å². The molecule has 2 heterocycles. The summed E-state index contributed by atoms with van der Waals surface area (Å²) in [6, 6.07) is 7.43. The van der Waals surface area contributed by atoms with Gasteiger partial charge in [-0.3, -0.25) is 5.32 Å². The van der Waals surface area contributed by atoms with E-state index in [0.717, 1.165) is 16.6 Å². The fourth-order valence-electron chi connectivity index (χ4n) is 1.85. The van der Waals surface area contributed by atoms with E-state index in [1.54, 1.807) is 5.51 Å². The third-order valence-corrected chi connectivity index (χ3v) is 3.33. The minimum atomic E-state index is -0.327. The topological polar surface area (TPSA) is 71.8 Å². The summed E-state index contributed by atoms with van der Waals surface area (Å²) in [5.41, 5.74) is 3.42. The van der Waals surface area contributed by atoms with Gasteiger partial charge < -0.3 is 9.88 Å². The summed E-state index contributed by atoms with van der Waals surface area (Å²) in [5.74, 6) is 0. The van der Waals surface area contributed by atoms with Crippen molar-refractivity contribution in [2.24, 2.45) is 7.05 Å². The number of nitrogens with one attached hydrogen (secondary N) is 2. The molecule has 0 spiro atoms. The number of fused-ring (bicyclic) bond motifs is 1. The number of benzene rings is 1. The molecule has 3 aromatic rings. The Morgan fingerprint density at radius 2 is 2.21 bits per heavy atom. The fraction of sp³-hybridized carbons (Fsp3) is 0.0833. The zero-order chi connectivity index (χ0) is 13.2. The molecule has 0 saturated carbocycles. The number of nitrogens with zero attached hydrogens (tertiary/aromatic N) is 3. The largest absolute Gasteiger partial charge is 0.351 e. The van der Waals surface area contributed by atoms with Gasteiger partial charge in [-0.1, -0.05) is 11.3 Å². The summed E-state index contributed by atoms with van der Waals surface area (Å²) in [4.78, 5) is 11.7. The Labute approximate surface area is 113 Å². The Bertz CT molecular complexity index is 719. The van der Waals surface area contributed by atoms with Crippen molar-refractivity contribution in [3.05, 3.63) is 36.0 Å². The van der Waals surface area contributed by atoms with Crippen molar-refractivity contribution in [3.8, 4) is 0 Å². The average molecular weight is 273 g/mol. The second kappa shape index (κ2) is 4.69. The van der Waals surface area contributed by atoms with Gasteiger partial charge in [0.1, 0.15) is 5.51 Å². The molecule has 0 saturated heterocycles. The van der Waals surface area contributed by atoms with Crippen molar-refractivity contribution in [2.45, 2.75) is 0 Å². The van der Waals surface area contributed by atoms with Gasteiger partial charge in [0, 0.05) is 29.8 Å². The third-order valence-electron chi connectivity index (χ3n) is 2.72. The van der Waals surface area contributed by atoms with Crippen molar-refractivity contribution in [2.75, 3.05) is 10.6 Å². The van der Waals surface area contributed by atoms with Crippen LogP contribution < -0.4 is 10.6 Å². The molecule has 96 valence electrons. The first-order valence-corrected chi connectivity index (χ1v) is 6.49. The number of rotatable bonds is 2. The van der Waals surface area contributed by atoms with Crippen molar-refractivity contribution < 1.29 is 4.79 Å². The van der Waals surface area contributed by atoms with Crippen molar-refractivity contribution in [3.63, 3.8) is 0 Å². The zero-order valence-corrected chi connectivity index (χ0v) is 10.9. The van der Waals surface area contributed by atoms with Crippen LogP contribution in [0, 0.1) is 0 Å². The number of hydrogen-bond acceptors (Lipinski definition) is 4. The molecule has 0 unspecified atom stereocenters. The maximum absolute atomic E-state index is 11.7. The number of amides is 2. The summed E-state index contributed by atoms with van der Waals surface area (Å²) >= 11 is 1.27. The molecule has 7 heteroatoms. The van der Waals surface area contributed by atoms with Crippen LogP contribution >= 0.6 is 11.3 Å². The van der Waals surface area contributed by atoms with Gasteiger partial charge in [0.25, 0.3) is 0 Å². The molecule has 1 aromatic carbocycles. The Hall–Kier alpha value is -2.41. The van der Waals surface area contributed by atoms with Gasteiger partial charge in [-0.2, -0.15) is 0 Å². The lowest BCUT2D eigenvalue weighted by Gasteiger charge is -2.05. The molecular formula is C12H11N5OS. The van der Waals surface area contributed by atoms with E-state index in [1.165, 1.54) is 11.3 Å². The molecule has 0 radical (unpaired) electrons. The summed E-state index contributed by atoms with van der Waals surface area (Å²) in [6.07, 6.45) is 1.98. The van der Waals surface area contributed by atoms with E-state index in [1.807, 2.05) is 42.1 Å². The number of hydrogen-bond donors (Lipinski definition) is 2. The Morgan fingerprint density at radius 3 is 3.00 bits per heavy atom. The maximum Gasteiger partial charge on any atom is 0.325 e. The van der Waals surface area contributed by atoms with E-state index in [4.69, 9.17) is 0 Å².